The minimum Gasteiger partial charge on any atom is -0.454 e. The van der Waals surface area contributed by atoms with Crippen molar-refractivity contribution in [2.45, 2.75) is 44.8 Å². The second kappa shape index (κ2) is 7.68. The first-order valence-electron chi connectivity index (χ1n) is 7.29. The summed E-state index contributed by atoms with van der Waals surface area (Å²) in [6.07, 6.45) is 0.960. The zero-order chi connectivity index (χ0) is 15.9. The van der Waals surface area contributed by atoms with Gasteiger partial charge in [-0.2, -0.15) is 0 Å². The molecule has 0 saturated heterocycles. The van der Waals surface area contributed by atoms with Crippen LogP contribution in [0.2, 0.25) is 0 Å². The Bertz CT molecular complexity index is 584. The van der Waals surface area contributed by atoms with Gasteiger partial charge in [-0.05, 0) is 29.6 Å². The highest BCUT2D eigenvalue weighted by molar-refractivity contribution is 5.85. The van der Waals surface area contributed by atoms with E-state index in [4.69, 9.17) is 15.0 Å². The number of aliphatic hydroxyl groups excluding tert-OH is 1. The fourth-order valence-electron chi connectivity index (χ4n) is 2.33. The molecule has 0 aliphatic carbocycles. The van der Waals surface area contributed by atoms with Crippen LogP contribution in [-0.2, 0) is 11.2 Å². The summed E-state index contributed by atoms with van der Waals surface area (Å²) in [5.41, 5.74) is 9.29. The zero-order valence-corrected chi connectivity index (χ0v) is 12.4. The minimum absolute atomic E-state index is 0.0569. The molecule has 118 valence electrons. The lowest BCUT2D eigenvalue weighted by Gasteiger charge is -2.17. The van der Waals surface area contributed by atoms with Crippen molar-refractivity contribution in [1.29, 1.82) is 0 Å². The van der Waals surface area contributed by atoms with Crippen molar-refractivity contribution in [2.75, 3.05) is 6.79 Å². The van der Waals surface area contributed by atoms with Crippen molar-refractivity contribution in [3.05, 3.63) is 34.2 Å². The highest BCUT2D eigenvalue weighted by Gasteiger charge is 2.25. The normalized spacial score (nSPS) is 15.0. The molecular formula is C15H19N3O4. The molecule has 1 heterocycles. The Morgan fingerprint density at radius 3 is 2.95 bits per heavy atom. The van der Waals surface area contributed by atoms with Crippen LogP contribution >= 0.6 is 0 Å². The van der Waals surface area contributed by atoms with Gasteiger partial charge in [0.25, 0.3) is 0 Å². The predicted molar refractivity (Wildman–Crippen MR) is 79.7 cm³/mol. The number of nitrogens with zero attached hydrogens (tertiary/aromatic N) is 3. The summed E-state index contributed by atoms with van der Waals surface area (Å²) in [4.78, 5) is 14.9. The lowest BCUT2D eigenvalue weighted by atomic mass is 9.97. The average molecular weight is 305 g/mol. The first-order valence-corrected chi connectivity index (χ1v) is 7.29. The summed E-state index contributed by atoms with van der Waals surface area (Å²) in [6, 6.07) is 4.50. The van der Waals surface area contributed by atoms with Gasteiger partial charge in [0.1, 0.15) is 6.10 Å². The third-order valence-corrected chi connectivity index (χ3v) is 3.56. The molecule has 0 saturated carbocycles. The van der Waals surface area contributed by atoms with Gasteiger partial charge < -0.3 is 14.6 Å². The molecule has 0 unspecified atom stereocenters. The SMILES string of the molecule is CCCC[C@H](N=[N+]=[N-])[C@H](O)C(=O)Cc1ccc2c(c1)OCO2. The molecule has 0 spiro atoms. The van der Waals surface area contributed by atoms with Crippen LogP contribution in [0.25, 0.3) is 10.4 Å². The summed E-state index contributed by atoms with van der Waals surface area (Å²) in [5.74, 6) is 0.872. The number of Topliss-reactive ketones (excluding diaryl/α,β-unsaturated/α-hetero) is 1. The van der Waals surface area contributed by atoms with E-state index in [1.54, 1.807) is 18.2 Å². The van der Waals surface area contributed by atoms with Gasteiger partial charge >= 0.3 is 0 Å². The number of carbonyl (C=O) groups is 1. The van der Waals surface area contributed by atoms with Crippen LogP contribution in [0.4, 0.5) is 0 Å². The van der Waals surface area contributed by atoms with Gasteiger partial charge in [-0.25, -0.2) is 0 Å². The van der Waals surface area contributed by atoms with Crippen LogP contribution in [0.1, 0.15) is 31.7 Å². The lowest BCUT2D eigenvalue weighted by Crippen LogP contribution is -2.33. The zero-order valence-electron chi connectivity index (χ0n) is 12.4. The predicted octanol–water partition coefficient (Wildman–Crippen LogP) is 2.76. The fourth-order valence-corrected chi connectivity index (χ4v) is 2.33. The highest BCUT2D eigenvalue weighted by atomic mass is 16.7. The molecule has 2 atom stereocenters. The largest absolute Gasteiger partial charge is 0.454 e. The number of benzene rings is 1. The Morgan fingerprint density at radius 1 is 1.45 bits per heavy atom. The standard InChI is InChI=1S/C15H19N3O4/c1-2-3-4-11(17-18-16)15(20)12(19)7-10-5-6-13-14(8-10)22-9-21-13/h5-6,8,11,15,20H,2-4,7,9H2,1H3/t11-,15-/m0/s1. The number of hydrogen-bond acceptors (Lipinski definition) is 5. The van der Waals surface area contributed by atoms with E-state index in [9.17, 15) is 9.90 Å². The molecule has 1 aliphatic heterocycles. The molecule has 0 fully saturated rings. The van der Waals surface area contributed by atoms with Crippen LogP contribution in [0.15, 0.2) is 23.3 Å². The summed E-state index contributed by atoms with van der Waals surface area (Å²) in [5, 5.41) is 13.7. The number of azide groups is 1. The Morgan fingerprint density at radius 2 is 2.23 bits per heavy atom. The number of unbranched alkanes of at least 4 members (excludes halogenated alkanes) is 1. The molecule has 0 amide bonds. The summed E-state index contributed by atoms with van der Waals surface area (Å²) in [7, 11) is 0. The molecule has 1 aromatic carbocycles. The molecule has 0 bridgehead atoms. The molecule has 1 N–H and O–H groups in total. The number of ether oxygens (including phenoxy) is 2. The van der Waals surface area contributed by atoms with Gasteiger partial charge in [-0.15, -0.1) is 0 Å². The monoisotopic (exact) mass is 305 g/mol. The van der Waals surface area contributed by atoms with Crippen LogP contribution in [0.3, 0.4) is 0 Å². The molecular weight excluding hydrogens is 286 g/mol. The number of hydrogen-bond donors (Lipinski definition) is 1. The second-order valence-corrected chi connectivity index (χ2v) is 5.19. The quantitative estimate of drug-likeness (QED) is 0.453. The number of carbonyl (C=O) groups excluding carboxylic acids is 1. The van der Waals surface area contributed by atoms with Gasteiger partial charge in [0.15, 0.2) is 17.3 Å². The van der Waals surface area contributed by atoms with E-state index in [0.29, 0.717) is 17.9 Å². The van der Waals surface area contributed by atoms with E-state index in [0.717, 1.165) is 18.4 Å². The van der Waals surface area contributed by atoms with Gasteiger partial charge in [-0.1, -0.05) is 30.9 Å². The molecule has 0 aromatic heterocycles. The van der Waals surface area contributed by atoms with E-state index in [-0.39, 0.29) is 19.0 Å². The van der Waals surface area contributed by atoms with E-state index in [2.05, 4.69) is 10.0 Å². The van der Waals surface area contributed by atoms with Crippen LogP contribution in [-0.4, -0.2) is 29.8 Å². The number of ketones is 1. The smallest absolute Gasteiger partial charge is 0.231 e. The van der Waals surface area contributed by atoms with Crippen molar-refractivity contribution in [2.24, 2.45) is 5.11 Å². The molecule has 0 radical (unpaired) electrons. The number of rotatable bonds is 8. The molecule has 1 aromatic rings. The average Bonchev–Trinajstić information content (AvgIpc) is 2.98. The van der Waals surface area contributed by atoms with Crippen molar-refractivity contribution >= 4 is 5.78 Å². The fraction of sp³-hybridized carbons (Fsp3) is 0.533. The van der Waals surface area contributed by atoms with Crippen molar-refractivity contribution < 1.29 is 19.4 Å². The lowest BCUT2D eigenvalue weighted by molar-refractivity contribution is -0.127. The Labute approximate surface area is 128 Å². The van der Waals surface area contributed by atoms with E-state index in [1.807, 2.05) is 6.92 Å². The van der Waals surface area contributed by atoms with Gasteiger partial charge in [0.2, 0.25) is 6.79 Å². The molecule has 22 heavy (non-hydrogen) atoms. The van der Waals surface area contributed by atoms with E-state index >= 15 is 0 Å². The van der Waals surface area contributed by atoms with Crippen molar-refractivity contribution in [3.8, 4) is 11.5 Å². The Hall–Kier alpha value is -2.24. The Balaban J connectivity index is 2.01. The maximum absolute atomic E-state index is 12.2. The van der Waals surface area contributed by atoms with Gasteiger partial charge in [0, 0.05) is 11.3 Å². The molecule has 7 nitrogen and oxygen atoms in total. The second-order valence-electron chi connectivity index (χ2n) is 5.19. The number of aliphatic hydroxyl groups is 1. The maximum Gasteiger partial charge on any atom is 0.231 e. The maximum atomic E-state index is 12.2. The number of fused-ring (bicyclic) bond motifs is 1. The summed E-state index contributed by atoms with van der Waals surface area (Å²) < 4.78 is 10.5. The van der Waals surface area contributed by atoms with Crippen molar-refractivity contribution in [1.82, 2.24) is 0 Å². The Kier molecular flexibility index (Phi) is 5.63. The topological polar surface area (TPSA) is 105 Å². The first kappa shape index (κ1) is 16.1. The molecule has 7 heteroatoms. The summed E-state index contributed by atoms with van der Waals surface area (Å²) >= 11 is 0. The first-order chi connectivity index (χ1) is 10.7. The summed E-state index contributed by atoms with van der Waals surface area (Å²) in [6.45, 7) is 2.17. The molecule has 2 rings (SSSR count). The van der Waals surface area contributed by atoms with Crippen molar-refractivity contribution in [3.63, 3.8) is 0 Å². The third kappa shape index (κ3) is 3.90. The van der Waals surface area contributed by atoms with E-state index < -0.39 is 12.1 Å². The highest BCUT2D eigenvalue weighted by Crippen LogP contribution is 2.32. The van der Waals surface area contributed by atoms with Crippen LogP contribution in [0.5, 0.6) is 11.5 Å². The van der Waals surface area contributed by atoms with E-state index in [1.165, 1.54) is 0 Å². The van der Waals surface area contributed by atoms with Gasteiger partial charge in [0.05, 0.1) is 6.04 Å². The molecule has 1 aliphatic rings. The van der Waals surface area contributed by atoms with Crippen LogP contribution < -0.4 is 9.47 Å². The van der Waals surface area contributed by atoms with Crippen LogP contribution in [0, 0.1) is 0 Å². The third-order valence-electron chi connectivity index (χ3n) is 3.56. The minimum atomic E-state index is -1.28. The van der Waals surface area contributed by atoms with Gasteiger partial charge in [-0.3, -0.25) is 4.79 Å².